The quantitative estimate of drug-likeness (QED) is 0.546. The van der Waals surface area contributed by atoms with Gasteiger partial charge in [-0.3, -0.25) is 4.79 Å². The lowest BCUT2D eigenvalue weighted by atomic mass is 9.91. The van der Waals surface area contributed by atoms with Crippen LogP contribution in [-0.2, 0) is 6.42 Å². The van der Waals surface area contributed by atoms with Gasteiger partial charge in [0.15, 0.2) is 0 Å². The second kappa shape index (κ2) is 10.3. The third-order valence-corrected chi connectivity index (χ3v) is 5.65. The molecular formula is C25H34N4O. The number of nitrogens with zero attached hydrogens (tertiary/aromatic N) is 2. The fourth-order valence-corrected chi connectivity index (χ4v) is 3.73. The van der Waals surface area contributed by atoms with Gasteiger partial charge in [0.05, 0.1) is 11.0 Å². The monoisotopic (exact) mass is 406 g/mol. The number of benzene rings is 2. The van der Waals surface area contributed by atoms with Crippen molar-refractivity contribution in [2.24, 2.45) is 5.92 Å². The number of aromatic nitrogens is 2. The van der Waals surface area contributed by atoms with Crippen molar-refractivity contribution in [3.05, 3.63) is 53.6 Å². The fourth-order valence-electron chi connectivity index (χ4n) is 3.73. The second-order valence-electron chi connectivity index (χ2n) is 8.44. The first-order chi connectivity index (χ1) is 14.5. The van der Waals surface area contributed by atoms with Gasteiger partial charge in [-0.1, -0.05) is 58.1 Å². The summed E-state index contributed by atoms with van der Waals surface area (Å²) < 4.78 is 0. The molecule has 2 aromatic carbocycles. The highest BCUT2D eigenvalue weighted by Gasteiger charge is 2.10. The van der Waals surface area contributed by atoms with E-state index in [2.05, 4.69) is 41.3 Å². The molecule has 0 unspecified atom stereocenters. The van der Waals surface area contributed by atoms with Gasteiger partial charge in [-0.2, -0.15) is 0 Å². The predicted octanol–water partition coefficient (Wildman–Crippen LogP) is 6.16. The standard InChI is InChI=1S/C18H20N4O.C7H14/c1-4-12-5-8-14(9-6-12)19-18-20-15-10-7-13(11-16(15)21-18)17(23)22(2)3;1-7-5-3-2-4-6-7/h5-11H,4H2,1-3H3,(H2,19,20,21);7H,2-6H2,1H3. The molecule has 30 heavy (non-hydrogen) atoms. The molecule has 1 saturated carbocycles. The fraction of sp³-hybridized carbons (Fsp3) is 0.440. The van der Waals surface area contributed by atoms with Crippen molar-refractivity contribution in [3.63, 3.8) is 0 Å². The molecule has 0 atom stereocenters. The molecule has 1 aliphatic carbocycles. The molecule has 1 heterocycles. The number of aromatic amines is 1. The summed E-state index contributed by atoms with van der Waals surface area (Å²) in [5, 5.41) is 3.25. The number of nitrogens with one attached hydrogen (secondary N) is 2. The highest BCUT2D eigenvalue weighted by atomic mass is 16.2. The van der Waals surface area contributed by atoms with E-state index >= 15 is 0 Å². The summed E-state index contributed by atoms with van der Waals surface area (Å²) in [6, 6.07) is 13.7. The minimum Gasteiger partial charge on any atom is -0.345 e. The Labute approximate surface area is 179 Å². The number of hydrogen-bond acceptors (Lipinski definition) is 3. The van der Waals surface area contributed by atoms with Gasteiger partial charge in [0, 0.05) is 25.3 Å². The van der Waals surface area contributed by atoms with Gasteiger partial charge in [-0.05, 0) is 48.2 Å². The average molecular weight is 407 g/mol. The number of fused-ring (bicyclic) bond motifs is 1. The largest absolute Gasteiger partial charge is 0.345 e. The first kappa shape index (κ1) is 21.9. The van der Waals surface area contributed by atoms with E-state index in [1.807, 2.05) is 24.3 Å². The van der Waals surface area contributed by atoms with Crippen molar-refractivity contribution < 1.29 is 4.79 Å². The lowest BCUT2D eigenvalue weighted by Gasteiger charge is -2.15. The molecule has 1 fully saturated rings. The Bertz CT molecular complexity index is 953. The summed E-state index contributed by atoms with van der Waals surface area (Å²) in [5.74, 6) is 1.68. The van der Waals surface area contributed by atoms with E-state index in [0.29, 0.717) is 11.5 Å². The van der Waals surface area contributed by atoms with Crippen LogP contribution < -0.4 is 5.32 Å². The van der Waals surface area contributed by atoms with Gasteiger partial charge in [0.1, 0.15) is 0 Å². The third-order valence-electron chi connectivity index (χ3n) is 5.65. The second-order valence-corrected chi connectivity index (χ2v) is 8.44. The number of amides is 1. The lowest BCUT2D eigenvalue weighted by molar-refractivity contribution is 0.0827. The number of aryl methyl sites for hydroxylation is 1. The number of anilines is 2. The highest BCUT2D eigenvalue weighted by molar-refractivity contribution is 5.97. The zero-order chi connectivity index (χ0) is 21.5. The molecule has 1 amide bonds. The summed E-state index contributed by atoms with van der Waals surface area (Å²) in [6.07, 6.45) is 8.46. The van der Waals surface area contributed by atoms with E-state index in [1.165, 1.54) is 37.7 Å². The highest BCUT2D eigenvalue weighted by Crippen LogP contribution is 2.22. The number of carbonyl (C=O) groups excluding carboxylic acids is 1. The van der Waals surface area contributed by atoms with Crippen LogP contribution in [0.15, 0.2) is 42.5 Å². The minimum atomic E-state index is -0.0221. The van der Waals surface area contributed by atoms with Crippen molar-refractivity contribution in [2.75, 3.05) is 19.4 Å². The molecule has 0 radical (unpaired) electrons. The summed E-state index contributed by atoms with van der Waals surface area (Å²) in [4.78, 5) is 21.3. The van der Waals surface area contributed by atoms with Crippen molar-refractivity contribution in [2.45, 2.75) is 52.4 Å². The van der Waals surface area contributed by atoms with E-state index in [4.69, 9.17) is 0 Å². The summed E-state index contributed by atoms with van der Waals surface area (Å²) in [7, 11) is 3.48. The van der Waals surface area contributed by atoms with E-state index in [9.17, 15) is 4.79 Å². The molecular weight excluding hydrogens is 372 g/mol. The van der Waals surface area contributed by atoms with Crippen molar-refractivity contribution in [3.8, 4) is 0 Å². The Morgan fingerprint density at radius 3 is 2.37 bits per heavy atom. The Balaban J connectivity index is 0.000000310. The van der Waals surface area contributed by atoms with Crippen molar-refractivity contribution in [1.82, 2.24) is 14.9 Å². The molecule has 1 aromatic heterocycles. The van der Waals surface area contributed by atoms with Crippen LogP contribution >= 0.6 is 0 Å². The Hall–Kier alpha value is -2.82. The Morgan fingerprint density at radius 2 is 1.80 bits per heavy atom. The maximum absolute atomic E-state index is 12.0. The topological polar surface area (TPSA) is 61.0 Å². The molecule has 5 heteroatoms. The molecule has 0 spiro atoms. The molecule has 0 saturated heterocycles. The van der Waals surface area contributed by atoms with Crippen LogP contribution in [-0.4, -0.2) is 34.9 Å². The third kappa shape index (κ3) is 5.85. The van der Waals surface area contributed by atoms with Crippen LogP contribution in [0.5, 0.6) is 0 Å². The van der Waals surface area contributed by atoms with Crippen LogP contribution in [0.25, 0.3) is 11.0 Å². The lowest BCUT2D eigenvalue weighted by Crippen LogP contribution is -2.21. The molecule has 1 aliphatic rings. The van der Waals surface area contributed by atoms with E-state index in [0.717, 1.165) is 29.1 Å². The van der Waals surface area contributed by atoms with Crippen LogP contribution in [0.1, 0.15) is 61.9 Å². The molecule has 4 rings (SSSR count). The van der Waals surface area contributed by atoms with E-state index < -0.39 is 0 Å². The van der Waals surface area contributed by atoms with Crippen LogP contribution in [0.4, 0.5) is 11.6 Å². The Morgan fingerprint density at radius 1 is 1.10 bits per heavy atom. The van der Waals surface area contributed by atoms with Gasteiger partial charge in [-0.15, -0.1) is 0 Å². The van der Waals surface area contributed by atoms with Gasteiger partial charge < -0.3 is 15.2 Å². The number of carbonyl (C=O) groups is 1. The predicted molar refractivity (Wildman–Crippen MR) is 125 cm³/mol. The molecule has 3 aromatic rings. The first-order valence-electron chi connectivity index (χ1n) is 11.0. The van der Waals surface area contributed by atoms with Gasteiger partial charge in [0.2, 0.25) is 5.95 Å². The van der Waals surface area contributed by atoms with E-state index in [-0.39, 0.29) is 5.91 Å². The molecule has 2 N–H and O–H groups in total. The van der Waals surface area contributed by atoms with Gasteiger partial charge in [0.25, 0.3) is 5.91 Å². The number of rotatable bonds is 4. The molecule has 160 valence electrons. The van der Waals surface area contributed by atoms with Gasteiger partial charge in [-0.25, -0.2) is 4.98 Å². The Kier molecular flexibility index (Phi) is 7.50. The minimum absolute atomic E-state index is 0.0221. The van der Waals surface area contributed by atoms with Crippen molar-refractivity contribution >= 4 is 28.6 Å². The maximum Gasteiger partial charge on any atom is 0.253 e. The average Bonchev–Trinajstić information content (AvgIpc) is 3.16. The molecule has 5 nitrogen and oxygen atoms in total. The zero-order valence-corrected chi connectivity index (χ0v) is 18.7. The maximum atomic E-state index is 12.0. The van der Waals surface area contributed by atoms with Gasteiger partial charge >= 0.3 is 0 Å². The smallest absolute Gasteiger partial charge is 0.253 e. The van der Waals surface area contributed by atoms with Crippen molar-refractivity contribution in [1.29, 1.82) is 0 Å². The summed E-state index contributed by atoms with van der Waals surface area (Å²) in [6.45, 7) is 4.49. The molecule has 0 bridgehead atoms. The SMILES string of the molecule is CC1CCCCC1.CCc1ccc(Nc2nc3ccc(C(=O)N(C)C)cc3[nH]2)cc1. The number of hydrogen-bond donors (Lipinski definition) is 2. The zero-order valence-electron chi connectivity index (χ0n) is 18.7. The normalized spacial score (nSPS) is 14.1. The summed E-state index contributed by atoms with van der Waals surface area (Å²) >= 11 is 0. The van der Waals surface area contributed by atoms with Crippen LogP contribution in [0, 0.1) is 5.92 Å². The molecule has 0 aliphatic heterocycles. The first-order valence-corrected chi connectivity index (χ1v) is 11.0. The van der Waals surface area contributed by atoms with Crippen LogP contribution in [0.2, 0.25) is 0 Å². The van der Waals surface area contributed by atoms with Crippen LogP contribution in [0.3, 0.4) is 0 Å². The van der Waals surface area contributed by atoms with E-state index in [1.54, 1.807) is 25.1 Å². The number of H-pyrrole nitrogens is 1. The summed E-state index contributed by atoms with van der Waals surface area (Å²) in [5.41, 5.74) is 4.58. The number of imidazole rings is 1.